The molecule has 0 aliphatic carbocycles. The molecular weight excluding hydrogens is 350 g/mol. The number of carbonyl (C=O) groups excluding carboxylic acids is 1. The molecule has 1 N–H and O–H groups in total. The van der Waals surface area contributed by atoms with Gasteiger partial charge in [0, 0.05) is 24.7 Å². The molecule has 0 spiro atoms. The third-order valence-electron chi connectivity index (χ3n) is 4.02. The Kier molecular flexibility index (Phi) is 4.47. The number of halogens is 2. The van der Waals surface area contributed by atoms with Crippen LogP contribution in [0, 0.1) is 11.6 Å². The second-order valence-electron chi connectivity index (χ2n) is 5.67. The van der Waals surface area contributed by atoms with Gasteiger partial charge < -0.3 is 4.90 Å². The fourth-order valence-corrected chi connectivity index (χ4v) is 3.91. The molecule has 0 aromatic heterocycles. The number of sulfonamides is 1. The zero-order chi connectivity index (χ0) is 18.2. The number of fused-ring (bicyclic) bond motifs is 1. The number of carbonyl (C=O) groups is 1. The van der Waals surface area contributed by atoms with Gasteiger partial charge in [0.2, 0.25) is 5.91 Å². The van der Waals surface area contributed by atoms with Crippen LogP contribution in [0.1, 0.15) is 18.9 Å². The van der Waals surface area contributed by atoms with Crippen LogP contribution >= 0.6 is 0 Å². The molecule has 0 radical (unpaired) electrons. The molecule has 0 saturated heterocycles. The number of hydrogen-bond acceptors (Lipinski definition) is 3. The summed E-state index contributed by atoms with van der Waals surface area (Å²) in [4.78, 5) is 12.9. The Morgan fingerprint density at radius 1 is 1.20 bits per heavy atom. The van der Waals surface area contributed by atoms with Gasteiger partial charge in [-0.05, 0) is 36.2 Å². The van der Waals surface area contributed by atoms with Crippen LogP contribution in [0.25, 0.3) is 0 Å². The summed E-state index contributed by atoms with van der Waals surface area (Å²) in [5.74, 6) is -2.08. The fraction of sp³-hybridized carbons (Fsp3) is 0.235. The quantitative estimate of drug-likeness (QED) is 0.904. The molecule has 0 atom stereocenters. The molecule has 1 aliphatic heterocycles. The SMILES string of the molecule is CCC(=O)N1CCc2ccc(NS(=O)(=O)c3ccc(F)cc3F)cc21. The molecule has 0 unspecified atom stereocenters. The highest BCUT2D eigenvalue weighted by atomic mass is 32.2. The lowest BCUT2D eigenvalue weighted by atomic mass is 10.1. The lowest BCUT2D eigenvalue weighted by molar-refractivity contribution is -0.118. The van der Waals surface area contributed by atoms with Crippen LogP contribution in [0.5, 0.6) is 0 Å². The van der Waals surface area contributed by atoms with Crippen LogP contribution in [-0.2, 0) is 21.2 Å². The van der Waals surface area contributed by atoms with Crippen molar-refractivity contribution in [1.29, 1.82) is 0 Å². The first-order chi connectivity index (χ1) is 11.8. The van der Waals surface area contributed by atoms with E-state index in [1.54, 1.807) is 30.0 Å². The van der Waals surface area contributed by atoms with E-state index in [1.807, 2.05) is 0 Å². The van der Waals surface area contributed by atoms with E-state index in [2.05, 4.69) is 4.72 Å². The summed E-state index contributed by atoms with van der Waals surface area (Å²) in [7, 11) is -4.22. The smallest absolute Gasteiger partial charge is 0.264 e. The van der Waals surface area contributed by atoms with E-state index in [-0.39, 0.29) is 11.6 Å². The third-order valence-corrected chi connectivity index (χ3v) is 5.43. The topological polar surface area (TPSA) is 66.5 Å². The van der Waals surface area contributed by atoms with Gasteiger partial charge >= 0.3 is 0 Å². The monoisotopic (exact) mass is 366 g/mol. The van der Waals surface area contributed by atoms with E-state index in [9.17, 15) is 22.0 Å². The van der Waals surface area contributed by atoms with Gasteiger partial charge in [0.1, 0.15) is 16.5 Å². The van der Waals surface area contributed by atoms with Gasteiger partial charge in [0.15, 0.2) is 0 Å². The number of hydrogen-bond donors (Lipinski definition) is 1. The van der Waals surface area contributed by atoms with Crippen molar-refractivity contribution in [2.75, 3.05) is 16.2 Å². The van der Waals surface area contributed by atoms with E-state index >= 15 is 0 Å². The van der Waals surface area contributed by atoms with Gasteiger partial charge in [-0.2, -0.15) is 0 Å². The second kappa shape index (κ2) is 6.44. The number of rotatable bonds is 4. The number of benzene rings is 2. The molecule has 0 bridgehead atoms. The Morgan fingerprint density at radius 2 is 1.96 bits per heavy atom. The maximum Gasteiger partial charge on any atom is 0.264 e. The molecule has 2 aromatic carbocycles. The van der Waals surface area contributed by atoms with Crippen LogP contribution in [0.4, 0.5) is 20.2 Å². The Hall–Kier alpha value is -2.48. The lowest BCUT2D eigenvalue weighted by Crippen LogP contribution is -2.27. The van der Waals surface area contributed by atoms with E-state index in [0.717, 1.165) is 17.7 Å². The minimum Gasteiger partial charge on any atom is -0.312 e. The van der Waals surface area contributed by atoms with Crippen molar-refractivity contribution in [3.05, 3.63) is 53.6 Å². The number of nitrogens with zero attached hydrogens (tertiary/aromatic N) is 1. The largest absolute Gasteiger partial charge is 0.312 e. The summed E-state index contributed by atoms with van der Waals surface area (Å²) in [5, 5.41) is 0. The Labute approximate surface area is 144 Å². The average Bonchev–Trinajstić information content (AvgIpc) is 2.96. The summed E-state index contributed by atoms with van der Waals surface area (Å²) < 4.78 is 53.7. The Bertz CT molecular complexity index is 945. The molecule has 0 fully saturated rings. The van der Waals surface area contributed by atoms with Gasteiger partial charge in [-0.1, -0.05) is 13.0 Å². The van der Waals surface area contributed by atoms with Crippen LogP contribution in [0.2, 0.25) is 0 Å². The minimum absolute atomic E-state index is 0.0525. The van der Waals surface area contributed by atoms with Crippen molar-refractivity contribution >= 4 is 27.3 Å². The van der Waals surface area contributed by atoms with Crippen LogP contribution < -0.4 is 9.62 Å². The summed E-state index contributed by atoms with van der Waals surface area (Å²) >= 11 is 0. The number of nitrogens with one attached hydrogen (secondary N) is 1. The maximum atomic E-state index is 13.8. The minimum atomic E-state index is -4.22. The highest BCUT2D eigenvalue weighted by Gasteiger charge is 2.25. The van der Waals surface area contributed by atoms with Crippen molar-refractivity contribution in [2.45, 2.75) is 24.7 Å². The molecule has 1 amide bonds. The zero-order valence-electron chi connectivity index (χ0n) is 13.4. The maximum absolute atomic E-state index is 13.8. The fourth-order valence-electron chi connectivity index (χ4n) is 2.80. The molecule has 0 saturated carbocycles. The average molecular weight is 366 g/mol. The van der Waals surface area contributed by atoms with E-state index < -0.39 is 26.6 Å². The van der Waals surface area contributed by atoms with Gasteiger partial charge in [0.05, 0.1) is 5.69 Å². The van der Waals surface area contributed by atoms with Crippen molar-refractivity contribution in [1.82, 2.24) is 0 Å². The normalized spacial score (nSPS) is 13.6. The van der Waals surface area contributed by atoms with Crippen molar-refractivity contribution in [2.24, 2.45) is 0 Å². The van der Waals surface area contributed by atoms with E-state index in [1.165, 1.54) is 0 Å². The molecule has 3 rings (SSSR count). The van der Waals surface area contributed by atoms with Crippen LogP contribution in [-0.4, -0.2) is 20.9 Å². The van der Waals surface area contributed by atoms with Crippen molar-refractivity contribution in [3.63, 3.8) is 0 Å². The highest BCUT2D eigenvalue weighted by molar-refractivity contribution is 7.92. The van der Waals surface area contributed by atoms with Gasteiger partial charge in [-0.3, -0.25) is 9.52 Å². The Morgan fingerprint density at radius 3 is 2.64 bits per heavy atom. The zero-order valence-corrected chi connectivity index (χ0v) is 14.2. The van der Waals surface area contributed by atoms with Crippen LogP contribution in [0.15, 0.2) is 41.3 Å². The predicted octanol–water partition coefficient (Wildman–Crippen LogP) is 3.06. The molecule has 1 aliphatic rings. The second-order valence-corrected chi connectivity index (χ2v) is 7.32. The first-order valence-corrected chi connectivity index (χ1v) is 9.21. The number of amides is 1. The van der Waals surface area contributed by atoms with Gasteiger partial charge in [-0.15, -0.1) is 0 Å². The standard InChI is InChI=1S/C17H16F2N2O3S/c1-2-17(22)21-8-7-11-3-5-13(10-15(11)21)20-25(23,24)16-6-4-12(18)9-14(16)19/h3-6,9-10,20H,2,7-8H2,1H3. The molecule has 5 nitrogen and oxygen atoms in total. The van der Waals surface area contributed by atoms with E-state index in [0.29, 0.717) is 31.1 Å². The van der Waals surface area contributed by atoms with Crippen molar-refractivity contribution < 1.29 is 22.0 Å². The molecule has 25 heavy (non-hydrogen) atoms. The molecule has 1 heterocycles. The van der Waals surface area contributed by atoms with Crippen molar-refractivity contribution in [3.8, 4) is 0 Å². The Balaban J connectivity index is 1.92. The van der Waals surface area contributed by atoms with Gasteiger partial charge in [0.25, 0.3) is 10.0 Å². The van der Waals surface area contributed by atoms with E-state index in [4.69, 9.17) is 0 Å². The first-order valence-electron chi connectivity index (χ1n) is 7.73. The third kappa shape index (κ3) is 3.34. The number of anilines is 2. The summed E-state index contributed by atoms with van der Waals surface area (Å²) in [6, 6.07) is 7.10. The molecular formula is C17H16F2N2O3S. The highest BCUT2D eigenvalue weighted by Crippen LogP contribution is 2.32. The van der Waals surface area contributed by atoms with Crippen LogP contribution in [0.3, 0.4) is 0 Å². The first kappa shape index (κ1) is 17.3. The summed E-state index contributed by atoms with van der Waals surface area (Å²) in [6.45, 7) is 2.30. The summed E-state index contributed by atoms with van der Waals surface area (Å²) in [5.41, 5.74) is 1.79. The molecule has 132 valence electrons. The summed E-state index contributed by atoms with van der Waals surface area (Å²) in [6.07, 6.45) is 1.04. The lowest BCUT2D eigenvalue weighted by Gasteiger charge is -2.17. The predicted molar refractivity (Wildman–Crippen MR) is 90.0 cm³/mol. The molecule has 2 aromatic rings. The van der Waals surface area contributed by atoms with Gasteiger partial charge in [-0.25, -0.2) is 17.2 Å². The molecule has 8 heteroatoms.